The van der Waals surface area contributed by atoms with Gasteiger partial charge in [-0.05, 0) is 51.8 Å². The van der Waals surface area contributed by atoms with Gasteiger partial charge in [0.1, 0.15) is 11.6 Å². The third-order valence-corrected chi connectivity index (χ3v) is 6.27. The summed E-state index contributed by atoms with van der Waals surface area (Å²) in [5.41, 5.74) is 2.78. The van der Waals surface area contributed by atoms with Crippen LogP contribution in [0.2, 0.25) is 0 Å². The molecule has 1 unspecified atom stereocenters. The van der Waals surface area contributed by atoms with Crippen LogP contribution in [0.25, 0.3) is 0 Å². The lowest BCUT2D eigenvalue weighted by Gasteiger charge is -2.36. The van der Waals surface area contributed by atoms with Gasteiger partial charge in [-0.3, -0.25) is 14.4 Å². The Balaban J connectivity index is 1.37. The van der Waals surface area contributed by atoms with Crippen LogP contribution in [0, 0.1) is 13.8 Å². The van der Waals surface area contributed by atoms with Gasteiger partial charge in [0.2, 0.25) is 0 Å². The van der Waals surface area contributed by atoms with Gasteiger partial charge in [0.15, 0.2) is 0 Å². The molecule has 8 heteroatoms. The highest BCUT2D eigenvalue weighted by molar-refractivity contribution is 6.05. The molecule has 170 valence electrons. The van der Waals surface area contributed by atoms with E-state index < -0.39 is 0 Å². The molecule has 0 aliphatic carbocycles. The normalized spacial score (nSPS) is 16.1. The predicted octanol–water partition coefficient (Wildman–Crippen LogP) is 3.68. The highest BCUT2D eigenvalue weighted by atomic mass is 16.5. The van der Waals surface area contributed by atoms with Gasteiger partial charge in [-0.15, -0.1) is 0 Å². The van der Waals surface area contributed by atoms with Crippen LogP contribution in [-0.2, 0) is 6.54 Å². The van der Waals surface area contributed by atoms with Crippen molar-refractivity contribution in [2.24, 2.45) is 0 Å². The molecule has 8 nitrogen and oxygen atoms in total. The second-order valence-corrected chi connectivity index (χ2v) is 8.54. The highest BCUT2D eigenvalue weighted by Gasteiger charge is 2.26. The number of carbonyl (C=O) groups excluding carboxylic acids is 1. The van der Waals surface area contributed by atoms with Gasteiger partial charge in [0.25, 0.3) is 5.91 Å². The van der Waals surface area contributed by atoms with Gasteiger partial charge < -0.3 is 10.1 Å². The molecule has 4 rings (SSSR count). The maximum atomic E-state index is 12.8. The van der Waals surface area contributed by atoms with E-state index in [2.05, 4.69) is 45.0 Å². The highest BCUT2D eigenvalue weighted by Crippen LogP contribution is 2.27. The predicted molar refractivity (Wildman–Crippen MR) is 124 cm³/mol. The zero-order valence-corrected chi connectivity index (χ0v) is 19.3. The quantitative estimate of drug-likeness (QED) is 0.611. The van der Waals surface area contributed by atoms with E-state index in [0.29, 0.717) is 17.4 Å². The van der Waals surface area contributed by atoms with E-state index in [4.69, 9.17) is 4.74 Å². The number of amides is 1. The smallest absolute Gasteiger partial charge is 0.260 e. The van der Waals surface area contributed by atoms with Crippen molar-refractivity contribution >= 4 is 11.7 Å². The molecule has 32 heavy (non-hydrogen) atoms. The van der Waals surface area contributed by atoms with E-state index >= 15 is 0 Å². The van der Waals surface area contributed by atoms with Crippen LogP contribution in [0.3, 0.4) is 0 Å². The number of hydrogen-bond donors (Lipinski definition) is 1. The molecule has 2 aromatic heterocycles. The van der Waals surface area contributed by atoms with Gasteiger partial charge in [-0.25, -0.2) is 4.68 Å². The first-order valence-electron chi connectivity index (χ1n) is 11.2. The van der Waals surface area contributed by atoms with Crippen LogP contribution in [0.1, 0.15) is 47.6 Å². The fourth-order valence-corrected chi connectivity index (χ4v) is 4.52. The van der Waals surface area contributed by atoms with Gasteiger partial charge in [-0.2, -0.15) is 10.2 Å². The van der Waals surface area contributed by atoms with Crippen LogP contribution >= 0.6 is 0 Å². The Hall–Kier alpha value is -3.13. The summed E-state index contributed by atoms with van der Waals surface area (Å²) in [5.74, 6) is 1.08. The summed E-state index contributed by atoms with van der Waals surface area (Å²) in [6.45, 7) is 9.29. The number of anilines is 1. The van der Waals surface area contributed by atoms with Crippen LogP contribution in [0.4, 0.5) is 5.82 Å². The fourth-order valence-electron chi connectivity index (χ4n) is 4.52. The molecule has 1 amide bonds. The molecule has 1 aromatic carbocycles. The number of benzene rings is 1. The number of methoxy groups -OCH3 is 1. The molecule has 1 atom stereocenters. The van der Waals surface area contributed by atoms with Gasteiger partial charge in [0, 0.05) is 30.9 Å². The number of likely N-dealkylation sites (tertiary alicyclic amines) is 1. The number of piperidine rings is 1. The third kappa shape index (κ3) is 4.70. The van der Waals surface area contributed by atoms with E-state index in [1.165, 1.54) is 5.69 Å². The van der Waals surface area contributed by atoms with E-state index in [-0.39, 0.29) is 11.9 Å². The molecule has 1 fully saturated rings. The molecule has 3 aromatic rings. The monoisotopic (exact) mass is 436 g/mol. The minimum Gasteiger partial charge on any atom is -0.496 e. The number of nitrogens with zero attached hydrogens (tertiary/aromatic N) is 5. The summed E-state index contributed by atoms with van der Waals surface area (Å²) >= 11 is 0. The van der Waals surface area contributed by atoms with Crippen molar-refractivity contribution in [1.29, 1.82) is 0 Å². The molecular formula is C24H32N6O2. The summed E-state index contributed by atoms with van der Waals surface area (Å²) in [6, 6.07) is 11.9. The van der Waals surface area contributed by atoms with Crippen molar-refractivity contribution in [1.82, 2.24) is 24.5 Å². The fraction of sp³-hybridized carbons (Fsp3) is 0.458. The first-order valence-corrected chi connectivity index (χ1v) is 11.2. The number of hydrogen-bond acceptors (Lipinski definition) is 5. The average Bonchev–Trinajstić information content (AvgIpc) is 3.39. The van der Waals surface area contributed by atoms with Crippen molar-refractivity contribution in [3.8, 4) is 5.75 Å². The molecule has 0 radical (unpaired) electrons. The number of aryl methyl sites for hydroxylation is 2. The van der Waals surface area contributed by atoms with E-state index in [9.17, 15) is 4.79 Å². The minimum atomic E-state index is -0.194. The van der Waals surface area contributed by atoms with Gasteiger partial charge in [-0.1, -0.05) is 12.1 Å². The van der Waals surface area contributed by atoms with Crippen LogP contribution in [-0.4, -0.2) is 56.6 Å². The Morgan fingerprint density at radius 3 is 2.66 bits per heavy atom. The topological polar surface area (TPSA) is 77.2 Å². The SMILES string of the molecule is COc1ccccc1C(=O)Nc1ccnn1C1CCN(C(C)Cn2nc(C)cc2C)CC1. The number of para-hydroxylation sites is 1. The zero-order chi connectivity index (χ0) is 22.7. The zero-order valence-electron chi connectivity index (χ0n) is 19.3. The van der Waals surface area contributed by atoms with Crippen molar-refractivity contribution in [3.63, 3.8) is 0 Å². The lowest BCUT2D eigenvalue weighted by atomic mass is 10.0. The lowest BCUT2D eigenvalue weighted by molar-refractivity contribution is 0.102. The molecule has 0 spiro atoms. The molecule has 1 aliphatic rings. The van der Waals surface area contributed by atoms with Gasteiger partial charge >= 0.3 is 0 Å². The van der Waals surface area contributed by atoms with Crippen molar-refractivity contribution in [2.45, 2.75) is 52.2 Å². The molecule has 1 saturated heterocycles. The summed E-state index contributed by atoms with van der Waals surface area (Å²) in [4.78, 5) is 15.3. The summed E-state index contributed by atoms with van der Waals surface area (Å²) in [5, 5.41) is 12.1. The molecular weight excluding hydrogens is 404 g/mol. The molecule has 1 N–H and O–H groups in total. The maximum absolute atomic E-state index is 12.8. The molecule has 1 aliphatic heterocycles. The first-order chi connectivity index (χ1) is 15.5. The second kappa shape index (κ2) is 9.56. The Morgan fingerprint density at radius 1 is 1.22 bits per heavy atom. The Bertz CT molecular complexity index is 1060. The standard InChI is InChI=1S/C24H32N6O2/c1-17-15-18(2)29(27-17)16-19(3)28-13-10-20(11-14-28)30-23(9-12-25-30)26-24(31)21-7-5-6-8-22(21)32-4/h5-9,12,15,19-20H,10-11,13-14,16H2,1-4H3,(H,26,31). The van der Waals surface area contributed by atoms with Crippen LogP contribution in [0.5, 0.6) is 5.75 Å². The summed E-state index contributed by atoms with van der Waals surface area (Å²) in [7, 11) is 1.57. The van der Waals surface area contributed by atoms with E-state index in [0.717, 1.165) is 44.0 Å². The largest absolute Gasteiger partial charge is 0.496 e. The Labute approximate surface area is 189 Å². The van der Waals surface area contributed by atoms with Gasteiger partial charge in [0.05, 0.1) is 37.2 Å². The Kier molecular flexibility index (Phi) is 6.60. The maximum Gasteiger partial charge on any atom is 0.260 e. The number of carbonyl (C=O) groups is 1. The third-order valence-electron chi connectivity index (χ3n) is 6.27. The van der Waals surface area contributed by atoms with E-state index in [1.807, 2.05) is 29.8 Å². The lowest BCUT2D eigenvalue weighted by Crippen LogP contribution is -2.42. The Morgan fingerprint density at radius 2 is 1.97 bits per heavy atom. The molecule has 0 saturated carbocycles. The number of rotatable bonds is 7. The van der Waals surface area contributed by atoms with Crippen molar-refractivity contribution < 1.29 is 9.53 Å². The number of ether oxygens (including phenoxy) is 1. The van der Waals surface area contributed by atoms with Crippen LogP contribution in [0.15, 0.2) is 42.6 Å². The van der Waals surface area contributed by atoms with Crippen molar-refractivity contribution in [2.75, 3.05) is 25.5 Å². The summed E-state index contributed by atoms with van der Waals surface area (Å²) in [6.07, 6.45) is 3.72. The number of aromatic nitrogens is 4. The molecule has 0 bridgehead atoms. The first kappa shape index (κ1) is 22.1. The molecule has 3 heterocycles. The average molecular weight is 437 g/mol. The number of nitrogens with one attached hydrogen (secondary N) is 1. The second-order valence-electron chi connectivity index (χ2n) is 8.54. The summed E-state index contributed by atoms with van der Waals surface area (Å²) < 4.78 is 9.38. The minimum absolute atomic E-state index is 0.194. The van der Waals surface area contributed by atoms with E-state index in [1.54, 1.807) is 25.4 Å². The van der Waals surface area contributed by atoms with Crippen LogP contribution < -0.4 is 10.1 Å². The van der Waals surface area contributed by atoms with Crippen molar-refractivity contribution in [3.05, 3.63) is 59.5 Å².